The van der Waals surface area contributed by atoms with E-state index in [4.69, 9.17) is 0 Å². The normalized spacial score (nSPS) is 15.3. The van der Waals surface area contributed by atoms with Crippen molar-refractivity contribution >= 4 is 121 Å². The fraction of sp³-hybridized carbons (Fsp3) is 0.0256. The largest absolute Gasteiger partial charge is 0.310 e. The van der Waals surface area contributed by atoms with E-state index in [0.717, 1.165) is 34.1 Å². The molecular weight excluding hydrogens is 965 g/mol. The predicted molar refractivity (Wildman–Crippen MR) is 342 cm³/mol. The number of allylic oxidation sites excluding steroid dienone is 8. The summed E-state index contributed by atoms with van der Waals surface area (Å²) in [6, 6.07) is 95.2. The lowest BCUT2D eigenvalue weighted by atomic mass is 9.66. The molecule has 0 radical (unpaired) electrons. The Balaban J connectivity index is 0.921. The zero-order chi connectivity index (χ0) is 52.4. The van der Waals surface area contributed by atoms with Crippen molar-refractivity contribution < 1.29 is 0 Å². The highest BCUT2D eigenvalue weighted by Crippen LogP contribution is 2.56. The number of benzene rings is 14. The first kappa shape index (κ1) is 44.8. The van der Waals surface area contributed by atoms with E-state index >= 15 is 0 Å². The molecule has 0 heterocycles. The summed E-state index contributed by atoms with van der Waals surface area (Å²) in [6.07, 6.45) is 13.9. The van der Waals surface area contributed by atoms with E-state index in [9.17, 15) is 0 Å². The second-order valence-corrected chi connectivity index (χ2v) is 21.8. The van der Waals surface area contributed by atoms with Gasteiger partial charge in [-0.25, -0.2) is 0 Å². The molecule has 14 aromatic rings. The van der Waals surface area contributed by atoms with Crippen molar-refractivity contribution in [3.8, 4) is 22.3 Å². The first-order valence-corrected chi connectivity index (χ1v) is 28.0. The summed E-state index contributed by atoms with van der Waals surface area (Å²) >= 11 is 0. The van der Waals surface area contributed by atoms with E-state index in [1.54, 1.807) is 0 Å². The van der Waals surface area contributed by atoms with Gasteiger partial charge in [-0.05, 0) is 170 Å². The molecule has 0 saturated carbocycles. The zero-order valence-corrected chi connectivity index (χ0v) is 43.8. The molecule has 0 amide bonds. The van der Waals surface area contributed by atoms with Gasteiger partial charge in [-0.3, -0.25) is 0 Å². The van der Waals surface area contributed by atoms with Crippen molar-refractivity contribution in [2.24, 2.45) is 11.8 Å². The molecule has 0 spiro atoms. The second-order valence-electron chi connectivity index (χ2n) is 21.8. The molecule has 0 bridgehead atoms. The van der Waals surface area contributed by atoms with Crippen molar-refractivity contribution in [2.45, 2.75) is 0 Å². The van der Waals surface area contributed by atoms with Crippen LogP contribution >= 0.6 is 0 Å². The van der Waals surface area contributed by atoms with Crippen molar-refractivity contribution in [1.82, 2.24) is 0 Å². The molecule has 0 aliphatic heterocycles. The lowest BCUT2D eigenvalue weighted by Gasteiger charge is -2.38. The van der Waals surface area contributed by atoms with Crippen molar-refractivity contribution in [3.05, 3.63) is 302 Å². The highest BCUT2D eigenvalue weighted by molar-refractivity contribution is 6.34. The molecule has 2 unspecified atom stereocenters. The monoisotopic (exact) mass is 1010 g/mol. The topological polar surface area (TPSA) is 6.48 Å². The summed E-state index contributed by atoms with van der Waals surface area (Å²) < 4.78 is 0. The van der Waals surface area contributed by atoms with Gasteiger partial charge in [-0.2, -0.15) is 0 Å². The van der Waals surface area contributed by atoms with Gasteiger partial charge in [0.25, 0.3) is 0 Å². The Morgan fingerprint density at radius 3 is 1.25 bits per heavy atom. The molecule has 2 atom stereocenters. The van der Waals surface area contributed by atoms with E-state index in [-0.39, 0.29) is 0 Å². The van der Waals surface area contributed by atoms with Gasteiger partial charge < -0.3 is 9.80 Å². The molecule has 80 heavy (non-hydrogen) atoms. The number of hydrogen-bond donors (Lipinski definition) is 0. The molecular formula is C78H50N2. The third kappa shape index (κ3) is 6.60. The molecule has 2 heteroatoms. The maximum Gasteiger partial charge on any atom is 0.0540 e. The quantitative estimate of drug-likeness (QED) is 0.111. The van der Waals surface area contributed by atoms with Gasteiger partial charge in [-0.1, -0.05) is 231 Å². The van der Waals surface area contributed by atoms with Crippen molar-refractivity contribution in [2.75, 3.05) is 9.80 Å². The highest BCUT2D eigenvalue weighted by Gasteiger charge is 2.36. The molecule has 0 fully saturated rings. The van der Waals surface area contributed by atoms with Crippen LogP contribution in [0.3, 0.4) is 0 Å². The smallest absolute Gasteiger partial charge is 0.0540 e. The van der Waals surface area contributed by atoms with E-state index in [0.29, 0.717) is 11.8 Å². The molecule has 14 aromatic carbocycles. The Hall–Kier alpha value is -10.3. The summed E-state index contributed by atoms with van der Waals surface area (Å²) in [6.45, 7) is 0. The van der Waals surface area contributed by atoms with Gasteiger partial charge in [0.15, 0.2) is 0 Å². The van der Waals surface area contributed by atoms with Crippen LogP contribution in [0.1, 0.15) is 11.1 Å². The fourth-order valence-corrected chi connectivity index (χ4v) is 14.4. The van der Waals surface area contributed by atoms with Crippen LogP contribution in [0.25, 0.3) is 109 Å². The van der Waals surface area contributed by atoms with Crippen molar-refractivity contribution in [3.63, 3.8) is 0 Å². The summed E-state index contributed by atoms with van der Waals surface area (Å²) in [5.74, 6) is 0.693. The van der Waals surface area contributed by atoms with E-state index < -0.39 is 0 Å². The van der Waals surface area contributed by atoms with E-state index in [1.165, 1.54) is 120 Å². The van der Waals surface area contributed by atoms with Gasteiger partial charge in [0.05, 0.1) is 11.4 Å². The van der Waals surface area contributed by atoms with Gasteiger partial charge in [0.2, 0.25) is 0 Å². The van der Waals surface area contributed by atoms with Gasteiger partial charge in [0.1, 0.15) is 0 Å². The van der Waals surface area contributed by atoms with Crippen LogP contribution < -0.4 is 9.80 Å². The standard InChI is InChI=1S/C78H50N2/c1-5-19-49(20-6-1)75-65-41-39-56(80(54-29-11-4-12-30-54)72-46-44-64-60-34-16-26-52-24-14-32-58(74(52)60)62-36-18-38-68(72)78(62)64)48-70(65)76(50-21-7-2-8-22-50)66-42-40-55(47-69(66)75)79(53-27-9-3-10-28-53)71-45-43-63-59-33-15-25-51-23-13-31-57(73(51)59)61-35-17-37-67(71)77(61)63/h1-48,51,73H. The lowest BCUT2D eigenvalue weighted by molar-refractivity contribution is 0.693. The van der Waals surface area contributed by atoms with E-state index in [1.807, 2.05) is 0 Å². The SMILES string of the molecule is C1=CC2C=CC=C3c4ccc(N(c5ccccc5)c5ccc6c(-c7ccccc7)c7cc(N(c8ccccc8)c8ccc9c%10cccc%11cccc(c%12cccc8c%129)c%11%10)ccc7c(-c7ccccc7)c6c5)c5cccc(c45)C(=C1)C32. The van der Waals surface area contributed by atoms with Crippen molar-refractivity contribution in [1.29, 1.82) is 0 Å². The van der Waals surface area contributed by atoms with Crippen LogP contribution in [0.4, 0.5) is 34.1 Å². The lowest BCUT2D eigenvalue weighted by Crippen LogP contribution is -2.23. The first-order chi connectivity index (χ1) is 39.7. The number of para-hydroxylation sites is 2. The van der Waals surface area contributed by atoms with Crippen LogP contribution in [0.2, 0.25) is 0 Å². The number of hydrogen-bond acceptors (Lipinski definition) is 2. The Kier molecular flexibility index (Phi) is 9.87. The number of anilines is 6. The Morgan fingerprint density at radius 1 is 0.275 bits per heavy atom. The maximum absolute atomic E-state index is 2.49. The molecule has 17 rings (SSSR count). The molecule has 372 valence electrons. The van der Waals surface area contributed by atoms with Gasteiger partial charge in [0, 0.05) is 45.4 Å². The van der Waals surface area contributed by atoms with Gasteiger partial charge >= 0.3 is 0 Å². The predicted octanol–water partition coefficient (Wildman–Crippen LogP) is 21.6. The number of rotatable bonds is 8. The average Bonchev–Trinajstić information content (AvgIpc) is 3.63. The molecule has 2 nitrogen and oxygen atoms in total. The minimum atomic E-state index is 0.330. The molecule has 3 aliphatic rings. The maximum atomic E-state index is 2.49. The average molecular weight is 1020 g/mol. The first-order valence-electron chi connectivity index (χ1n) is 28.0. The van der Waals surface area contributed by atoms with Crippen LogP contribution in [0.5, 0.6) is 0 Å². The third-order valence-electron chi connectivity index (χ3n) is 17.7. The summed E-state index contributed by atoms with van der Waals surface area (Å²) in [7, 11) is 0. The van der Waals surface area contributed by atoms with Gasteiger partial charge in [-0.15, -0.1) is 0 Å². The van der Waals surface area contributed by atoms with Crippen LogP contribution in [0, 0.1) is 11.8 Å². The molecule has 0 aromatic heterocycles. The zero-order valence-electron chi connectivity index (χ0n) is 43.8. The Bertz CT molecular complexity index is 4900. The summed E-state index contributed by atoms with van der Waals surface area (Å²) in [4.78, 5) is 4.97. The molecule has 3 aliphatic carbocycles. The highest BCUT2D eigenvalue weighted by atomic mass is 15.1. The number of nitrogens with zero attached hydrogens (tertiary/aromatic N) is 2. The molecule has 0 saturated heterocycles. The third-order valence-corrected chi connectivity index (χ3v) is 17.7. The second kappa shape index (κ2) is 17.6. The van der Waals surface area contributed by atoms with E-state index in [2.05, 4.69) is 301 Å². The minimum Gasteiger partial charge on any atom is -0.310 e. The van der Waals surface area contributed by atoms with Crippen LogP contribution in [0.15, 0.2) is 291 Å². The number of fused-ring (bicyclic) bond motifs is 6. The van der Waals surface area contributed by atoms with Crippen LogP contribution in [-0.4, -0.2) is 0 Å². The molecule has 0 N–H and O–H groups in total. The van der Waals surface area contributed by atoms with Crippen LogP contribution in [-0.2, 0) is 0 Å². The minimum absolute atomic E-state index is 0.330. The fourth-order valence-electron chi connectivity index (χ4n) is 14.4. The Labute approximate surface area is 464 Å². The summed E-state index contributed by atoms with van der Waals surface area (Å²) in [5, 5.41) is 17.6. The Morgan fingerprint density at radius 2 is 0.700 bits per heavy atom. The summed E-state index contributed by atoms with van der Waals surface area (Å²) in [5.41, 5.74) is 17.0.